The molecule has 54 valence electrons. The average molecular weight is 150 g/mol. The largest absolute Gasteiger partial charge is 0.299 e. The van der Waals surface area contributed by atoms with E-state index in [1.807, 2.05) is 0 Å². The van der Waals surface area contributed by atoms with E-state index in [9.17, 15) is 9.18 Å². The highest BCUT2D eigenvalue weighted by atomic mass is 32.2. The highest BCUT2D eigenvalue weighted by Crippen LogP contribution is 2.01. The molecule has 0 unspecified atom stereocenters. The summed E-state index contributed by atoms with van der Waals surface area (Å²) < 4.78 is 11.4. The maximum Gasteiger partial charge on any atom is 0.139 e. The van der Waals surface area contributed by atoms with Crippen molar-refractivity contribution < 1.29 is 9.18 Å². The average Bonchev–Trinajstić information content (AvgIpc) is 1.80. The third-order valence-electron chi connectivity index (χ3n) is 0.728. The summed E-state index contributed by atoms with van der Waals surface area (Å²) in [5, 5.41) is 0. The summed E-state index contributed by atoms with van der Waals surface area (Å²) in [7, 11) is 0. The van der Waals surface area contributed by atoms with Gasteiger partial charge in [-0.2, -0.15) is 11.8 Å². The predicted octanol–water partition coefficient (Wildman–Crippen LogP) is 1.67. The Balaban J connectivity index is 2.83. The van der Waals surface area contributed by atoms with Gasteiger partial charge in [0.2, 0.25) is 0 Å². The van der Waals surface area contributed by atoms with Gasteiger partial charge in [-0.05, 0) is 19.1 Å². The second-order valence-corrected chi connectivity index (χ2v) is 2.90. The molecule has 0 fully saturated rings. The van der Waals surface area contributed by atoms with E-state index in [1.165, 1.54) is 11.8 Å². The first-order valence-corrected chi connectivity index (χ1v) is 4.06. The SMILES string of the molecule is CC(=O)CSCCCF. The van der Waals surface area contributed by atoms with Crippen LogP contribution in [0.15, 0.2) is 0 Å². The molecule has 0 bridgehead atoms. The van der Waals surface area contributed by atoms with Crippen molar-refractivity contribution in [3.05, 3.63) is 0 Å². The lowest BCUT2D eigenvalue weighted by Gasteiger charge is -1.92. The third kappa shape index (κ3) is 7.95. The van der Waals surface area contributed by atoms with Gasteiger partial charge in [-0.1, -0.05) is 0 Å². The topological polar surface area (TPSA) is 17.1 Å². The number of ketones is 1. The number of hydrogen-bond acceptors (Lipinski definition) is 2. The Bertz CT molecular complexity index is 85.1. The molecule has 0 heterocycles. The maximum atomic E-state index is 11.4. The van der Waals surface area contributed by atoms with Crippen LogP contribution < -0.4 is 0 Å². The van der Waals surface area contributed by atoms with E-state index in [1.54, 1.807) is 6.92 Å². The molecule has 0 radical (unpaired) electrons. The minimum absolute atomic E-state index is 0.166. The number of carbonyl (C=O) groups excluding carboxylic acids is 1. The zero-order chi connectivity index (χ0) is 7.11. The second-order valence-electron chi connectivity index (χ2n) is 1.80. The first-order chi connectivity index (χ1) is 4.27. The maximum absolute atomic E-state index is 11.4. The highest BCUT2D eigenvalue weighted by Gasteiger charge is 1.92. The van der Waals surface area contributed by atoms with Gasteiger partial charge in [-0.25, -0.2) is 0 Å². The molecule has 0 saturated heterocycles. The Morgan fingerprint density at radius 3 is 2.78 bits per heavy atom. The summed E-state index contributed by atoms with van der Waals surface area (Å²) in [6.07, 6.45) is 0.567. The van der Waals surface area contributed by atoms with Crippen LogP contribution in [0.3, 0.4) is 0 Å². The molecule has 0 aliphatic rings. The number of thioether (sulfide) groups is 1. The molecule has 0 saturated carbocycles. The molecule has 0 aromatic carbocycles. The monoisotopic (exact) mass is 150 g/mol. The number of halogens is 1. The Morgan fingerprint density at radius 2 is 2.33 bits per heavy atom. The van der Waals surface area contributed by atoms with E-state index < -0.39 is 0 Å². The predicted molar refractivity (Wildman–Crippen MR) is 38.6 cm³/mol. The molecule has 0 N–H and O–H groups in total. The molecule has 0 aromatic heterocycles. The van der Waals surface area contributed by atoms with Gasteiger partial charge in [0.25, 0.3) is 0 Å². The quantitative estimate of drug-likeness (QED) is 0.554. The normalized spacial score (nSPS) is 9.56. The van der Waals surface area contributed by atoms with Crippen LogP contribution in [0.25, 0.3) is 0 Å². The van der Waals surface area contributed by atoms with Crippen molar-refractivity contribution in [2.24, 2.45) is 0 Å². The summed E-state index contributed by atoms with van der Waals surface area (Å²) in [5.41, 5.74) is 0. The highest BCUT2D eigenvalue weighted by molar-refractivity contribution is 7.99. The van der Waals surface area contributed by atoms with Gasteiger partial charge in [0.05, 0.1) is 12.4 Å². The van der Waals surface area contributed by atoms with Crippen LogP contribution >= 0.6 is 11.8 Å². The lowest BCUT2D eigenvalue weighted by Crippen LogP contribution is -1.94. The molecule has 0 amide bonds. The number of hydrogen-bond donors (Lipinski definition) is 0. The fraction of sp³-hybridized carbons (Fsp3) is 0.833. The minimum Gasteiger partial charge on any atom is -0.299 e. The Kier molecular flexibility index (Phi) is 6.04. The molecule has 0 atom stereocenters. The smallest absolute Gasteiger partial charge is 0.139 e. The van der Waals surface area contributed by atoms with Crippen molar-refractivity contribution in [2.75, 3.05) is 18.2 Å². The lowest BCUT2D eigenvalue weighted by molar-refractivity contribution is -0.114. The number of alkyl halides is 1. The first-order valence-electron chi connectivity index (χ1n) is 2.90. The summed E-state index contributed by atoms with van der Waals surface area (Å²) in [6, 6.07) is 0. The van der Waals surface area contributed by atoms with E-state index in [-0.39, 0.29) is 12.5 Å². The first kappa shape index (κ1) is 8.95. The summed E-state index contributed by atoms with van der Waals surface area (Å²) in [4.78, 5) is 10.3. The Hall–Kier alpha value is -0.0500. The second kappa shape index (κ2) is 6.08. The zero-order valence-electron chi connectivity index (χ0n) is 5.52. The van der Waals surface area contributed by atoms with Crippen molar-refractivity contribution in [3.63, 3.8) is 0 Å². The fourth-order valence-corrected chi connectivity index (χ4v) is 1.12. The van der Waals surface area contributed by atoms with E-state index in [0.717, 1.165) is 5.75 Å². The van der Waals surface area contributed by atoms with Crippen LogP contribution in [0, 0.1) is 0 Å². The van der Waals surface area contributed by atoms with Crippen molar-refractivity contribution in [3.8, 4) is 0 Å². The van der Waals surface area contributed by atoms with E-state index in [4.69, 9.17) is 0 Å². The van der Waals surface area contributed by atoms with Crippen molar-refractivity contribution in [1.29, 1.82) is 0 Å². The third-order valence-corrected chi connectivity index (χ3v) is 1.92. The summed E-state index contributed by atoms with van der Waals surface area (Å²) in [5.74, 6) is 1.45. The zero-order valence-corrected chi connectivity index (χ0v) is 6.34. The fourth-order valence-electron chi connectivity index (χ4n) is 0.373. The Morgan fingerprint density at radius 1 is 1.67 bits per heavy atom. The number of carbonyl (C=O) groups is 1. The lowest BCUT2D eigenvalue weighted by atomic mass is 10.5. The van der Waals surface area contributed by atoms with Gasteiger partial charge in [0, 0.05) is 0 Å². The minimum atomic E-state index is -0.273. The van der Waals surface area contributed by atoms with E-state index in [2.05, 4.69) is 0 Å². The van der Waals surface area contributed by atoms with Crippen LogP contribution in [0.5, 0.6) is 0 Å². The molecule has 9 heavy (non-hydrogen) atoms. The van der Waals surface area contributed by atoms with Crippen LogP contribution in [-0.2, 0) is 4.79 Å². The van der Waals surface area contributed by atoms with Crippen LogP contribution in [-0.4, -0.2) is 24.0 Å². The van der Waals surface area contributed by atoms with Crippen LogP contribution in [0.1, 0.15) is 13.3 Å². The van der Waals surface area contributed by atoms with Crippen molar-refractivity contribution >= 4 is 17.5 Å². The number of Topliss-reactive ketones (excluding diaryl/α,β-unsaturated/α-hetero) is 1. The van der Waals surface area contributed by atoms with E-state index in [0.29, 0.717) is 12.2 Å². The molecule has 0 rings (SSSR count). The molecule has 0 aromatic rings. The van der Waals surface area contributed by atoms with Crippen LogP contribution in [0.2, 0.25) is 0 Å². The van der Waals surface area contributed by atoms with Gasteiger partial charge >= 0.3 is 0 Å². The van der Waals surface area contributed by atoms with Gasteiger partial charge in [0.15, 0.2) is 0 Å². The van der Waals surface area contributed by atoms with Gasteiger partial charge in [0.1, 0.15) is 5.78 Å². The van der Waals surface area contributed by atoms with Crippen LogP contribution in [0.4, 0.5) is 4.39 Å². The summed E-state index contributed by atoms with van der Waals surface area (Å²) in [6.45, 7) is 1.27. The Labute approximate surface area is 59.0 Å². The van der Waals surface area contributed by atoms with Crippen molar-refractivity contribution in [2.45, 2.75) is 13.3 Å². The van der Waals surface area contributed by atoms with Gasteiger partial charge in [-0.15, -0.1) is 0 Å². The standard InChI is InChI=1S/C6H11FOS/c1-6(8)5-9-4-2-3-7/h2-5H2,1H3. The van der Waals surface area contributed by atoms with Gasteiger partial charge in [-0.3, -0.25) is 9.18 Å². The molecule has 0 aliphatic heterocycles. The molecular formula is C6H11FOS. The van der Waals surface area contributed by atoms with Gasteiger partial charge < -0.3 is 0 Å². The van der Waals surface area contributed by atoms with E-state index >= 15 is 0 Å². The molecule has 0 spiro atoms. The molecule has 0 aliphatic carbocycles. The van der Waals surface area contributed by atoms with Crippen molar-refractivity contribution in [1.82, 2.24) is 0 Å². The molecule has 1 nitrogen and oxygen atoms in total. The summed E-state index contributed by atoms with van der Waals surface area (Å²) >= 11 is 1.50. The molecular weight excluding hydrogens is 139 g/mol. The number of rotatable bonds is 5. The molecule has 3 heteroatoms.